The number of Topliss-reactive ketones (excluding diaryl/α,β-unsaturated/α-hetero) is 1. The summed E-state index contributed by atoms with van der Waals surface area (Å²) in [7, 11) is 0. The largest absolute Gasteiger partial charge is 0.349 e. The summed E-state index contributed by atoms with van der Waals surface area (Å²) in [5, 5.41) is 2.57. The van der Waals surface area contributed by atoms with Crippen LogP contribution < -0.4 is 5.32 Å². The maximum atomic E-state index is 11.1. The van der Waals surface area contributed by atoms with Gasteiger partial charge in [-0.15, -0.1) is 0 Å². The number of hydrogen-bond acceptors (Lipinski definition) is 2. The van der Waals surface area contributed by atoms with Gasteiger partial charge in [-0.1, -0.05) is 13.8 Å². The van der Waals surface area contributed by atoms with E-state index >= 15 is 0 Å². The van der Waals surface area contributed by atoms with Crippen molar-refractivity contribution in [3.05, 3.63) is 0 Å². The highest BCUT2D eigenvalue weighted by Gasteiger charge is 2.28. The van der Waals surface area contributed by atoms with Crippen molar-refractivity contribution in [2.24, 2.45) is 11.8 Å². The summed E-state index contributed by atoms with van der Waals surface area (Å²) in [5.74, 6) is 0.332. The van der Waals surface area contributed by atoms with E-state index in [9.17, 15) is 9.59 Å². The summed E-state index contributed by atoms with van der Waals surface area (Å²) in [6, 6.07) is 0. The molecule has 1 rings (SSSR count). The van der Waals surface area contributed by atoms with E-state index in [0.29, 0.717) is 6.42 Å². The van der Waals surface area contributed by atoms with Gasteiger partial charge in [-0.2, -0.15) is 0 Å². The summed E-state index contributed by atoms with van der Waals surface area (Å²) >= 11 is 0. The van der Waals surface area contributed by atoms with Gasteiger partial charge in [0.05, 0.1) is 6.54 Å². The molecule has 11 heavy (non-hydrogen) atoms. The van der Waals surface area contributed by atoms with Crippen LogP contribution in [0.25, 0.3) is 0 Å². The summed E-state index contributed by atoms with van der Waals surface area (Å²) in [4.78, 5) is 22.0. The first-order chi connectivity index (χ1) is 5.11. The van der Waals surface area contributed by atoms with Gasteiger partial charge in [0.1, 0.15) is 0 Å². The summed E-state index contributed by atoms with van der Waals surface area (Å²) in [5.41, 5.74) is 0. The van der Waals surface area contributed by atoms with Crippen LogP contribution in [0.5, 0.6) is 0 Å². The summed E-state index contributed by atoms with van der Waals surface area (Å²) < 4.78 is 0. The van der Waals surface area contributed by atoms with Crippen molar-refractivity contribution in [1.82, 2.24) is 5.32 Å². The lowest BCUT2D eigenvalue weighted by atomic mass is 9.87. The van der Waals surface area contributed by atoms with Gasteiger partial charge in [-0.25, -0.2) is 0 Å². The maximum absolute atomic E-state index is 11.1. The predicted molar refractivity (Wildman–Crippen MR) is 41.0 cm³/mol. The van der Waals surface area contributed by atoms with E-state index < -0.39 is 0 Å². The van der Waals surface area contributed by atoms with Gasteiger partial charge >= 0.3 is 0 Å². The van der Waals surface area contributed by atoms with Gasteiger partial charge in [0.15, 0.2) is 5.78 Å². The third-order valence-electron chi connectivity index (χ3n) is 2.05. The van der Waals surface area contributed by atoms with E-state index in [1.165, 1.54) is 0 Å². The Bertz CT molecular complexity index is 187. The molecule has 1 unspecified atom stereocenters. The van der Waals surface area contributed by atoms with Crippen LogP contribution in [0.3, 0.4) is 0 Å². The fourth-order valence-electron chi connectivity index (χ4n) is 1.27. The third kappa shape index (κ3) is 1.79. The van der Waals surface area contributed by atoms with E-state index in [1.807, 2.05) is 13.8 Å². The van der Waals surface area contributed by atoms with Gasteiger partial charge < -0.3 is 5.32 Å². The van der Waals surface area contributed by atoms with Crippen molar-refractivity contribution < 1.29 is 9.59 Å². The Balaban J connectivity index is 2.61. The smallest absolute Gasteiger partial charge is 0.224 e. The van der Waals surface area contributed by atoms with Crippen LogP contribution in [0.1, 0.15) is 20.3 Å². The molecule has 1 amide bonds. The average Bonchev–Trinajstić information content (AvgIpc) is 1.94. The van der Waals surface area contributed by atoms with Crippen LogP contribution in [0, 0.1) is 11.8 Å². The van der Waals surface area contributed by atoms with Crippen molar-refractivity contribution in [1.29, 1.82) is 0 Å². The van der Waals surface area contributed by atoms with E-state index in [1.54, 1.807) is 0 Å². The molecule has 0 aromatic carbocycles. The molecule has 3 nitrogen and oxygen atoms in total. The third-order valence-corrected chi connectivity index (χ3v) is 2.05. The standard InChI is InChI=1S/C8H13NO2/c1-5(2)7-3-6(10)4-9-8(7)11/h5,7H,3-4H2,1-2H3,(H,9,11). The second kappa shape index (κ2) is 3.03. The van der Waals surface area contributed by atoms with Crippen molar-refractivity contribution in [3.63, 3.8) is 0 Å². The van der Waals surface area contributed by atoms with Crippen LogP contribution in [0.2, 0.25) is 0 Å². The topological polar surface area (TPSA) is 46.2 Å². The lowest BCUT2D eigenvalue weighted by Gasteiger charge is -2.23. The zero-order valence-corrected chi connectivity index (χ0v) is 6.89. The number of hydrogen-bond donors (Lipinski definition) is 1. The number of amides is 1. The van der Waals surface area contributed by atoms with Crippen molar-refractivity contribution >= 4 is 11.7 Å². The molecule has 1 N–H and O–H groups in total. The molecular weight excluding hydrogens is 142 g/mol. The Labute approximate surface area is 66.2 Å². The molecule has 0 aliphatic carbocycles. The average molecular weight is 155 g/mol. The number of rotatable bonds is 1. The minimum atomic E-state index is -0.101. The number of piperidine rings is 1. The molecule has 1 saturated heterocycles. The molecule has 1 fully saturated rings. The normalized spacial score (nSPS) is 25.5. The maximum Gasteiger partial charge on any atom is 0.224 e. The highest BCUT2D eigenvalue weighted by atomic mass is 16.2. The molecule has 0 aromatic heterocycles. The van der Waals surface area contributed by atoms with E-state index in [2.05, 4.69) is 5.32 Å². The summed E-state index contributed by atoms with van der Waals surface area (Å²) in [6.45, 7) is 4.15. The van der Waals surface area contributed by atoms with E-state index in [4.69, 9.17) is 0 Å². The first-order valence-corrected chi connectivity index (χ1v) is 3.90. The molecule has 3 heteroatoms. The van der Waals surface area contributed by atoms with Crippen molar-refractivity contribution in [3.8, 4) is 0 Å². The van der Waals surface area contributed by atoms with Gasteiger partial charge in [0.2, 0.25) is 5.91 Å². The van der Waals surface area contributed by atoms with Crippen LogP contribution in [0.15, 0.2) is 0 Å². The first-order valence-electron chi connectivity index (χ1n) is 3.90. The monoisotopic (exact) mass is 155 g/mol. The van der Waals surface area contributed by atoms with E-state index in [0.717, 1.165) is 0 Å². The Morgan fingerprint density at radius 2 is 2.09 bits per heavy atom. The molecule has 0 saturated carbocycles. The number of ketones is 1. The quantitative estimate of drug-likeness (QED) is 0.593. The number of carbonyl (C=O) groups excluding carboxylic acids is 2. The molecule has 1 heterocycles. The number of carbonyl (C=O) groups is 2. The first kappa shape index (κ1) is 8.24. The molecule has 62 valence electrons. The second-order valence-electron chi connectivity index (χ2n) is 3.31. The van der Waals surface area contributed by atoms with Crippen LogP contribution in [0.4, 0.5) is 0 Å². The summed E-state index contributed by atoms with van der Waals surface area (Å²) in [6.07, 6.45) is 0.420. The molecule has 0 bridgehead atoms. The molecule has 1 atom stereocenters. The minimum Gasteiger partial charge on any atom is -0.349 e. The molecule has 1 aliphatic rings. The van der Waals surface area contributed by atoms with Crippen LogP contribution in [-0.2, 0) is 9.59 Å². The lowest BCUT2D eigenvalue weighted by molar-refractivity contribution is -0.135. The van der Waals surface area contributed by atoms with Crippen LogP contribution in [-0.4, -0.2) is 18.2 Å². The Morgan fingerprint density at radius 1 is 1.45 bits per heavy atom. The molecule has 0 spiro atoms. The van der Waals surface area contributed by atoms with Crippen molar-refractivity contribution in [2.75, 3.05) is 6.54 Å². The minimum absolute atomic E-state index is 0.0274. The zero-order valence-electron chi connectivity index (χ0n) is 6.89. The van der Waals surface area contributed by atoms with Crippen LogP contribution >= 0.6 is 0 Å². The van der Waals surface area contributed by atoms with Gasteiger partial charge in [-0.3, -0.25) is 9.59 Å². The van der Waals surface area contributed by atoms with Gasteiger partial charge in [0.25, 0.3) is 0 Å². The lowest BCUT2D eigenvalue weighted by Crippen LogP contribution is -2.43. The van der Waals surface area contributed by atoms with Gasteiger partial charge in [0, 0.05) is 12.3 Å². The number of nitrogens with one attached hydrogen (secondary N) is 1. The predicted octanol–water partition coefficient (Wildman–Crippen LogP) is 0.348. The Hall–Kier alpha value is -0.860. The fourth-order valence-corrected chi connectivity index (χ4v) is 1.27. The molecule has 0 radical (unpaired) electrons. The zero-order chi connectivity index (χ0) is 8.43. The fraction of sp³-hybridized carbons (Fsp3) is 0.750. The highest BCUT2D eigenvalue weighted by molar-refractivity contribution is 5.94. The highest BCUT2D eigenvalue weighted by Crippen LogP contribution is 2.17. The molecular formula is C8H13NO2. The second-order valence-corrected chi connectivity index (χ2v) is 3.31. The van der Waals surface area contributed by atoms with E-state index in [-0.39, 0.29) is 30.1 Å². The Kier molecular flexibility index (Phi) is 2.27. The van der Waals surface area contributed by atoms with Gasteiger partial charge in [-0.05, 0) is 5.92 Å². The molecule has 1 aliphatic heterocycles. The van der Waals surface area contributed by atoms with Crippen molar-refractivity contribution in [2.45, 2.75) is 20.3 Å². The molecule has 0 aromatic rings. The Morgan fingerprint density at radius 3 is 2.55 bits per heavy atom. The SMILES string of the molecule is CC(C)C1CC(=O)CNC1=O.